The van der Waals surface area contributed by atoms with Crippen LogP contribution in [0.2, 0.25) is 0 Å². The van der Waals surface area contributed by atoms with E-state index in [0.717, 1.165) is 36.7 Å². The Bertz CT molecular complexity index is 952. The molecule has 1 aliphatic rings. The van der Waals surface area contributed by atoms with E-state index in [1.54, 1.807) is 37.1 Å². The summed E-state index contributed by atoms with van der Waals surface area (Å²) in [6.07, 6.45) is 12.4. The van der Waals surface area contributed by atoms with E-state index in [4.69, 9.17) is 0 Å². The molecule has 0 unspecified atom stereocenters. The van der Waals surface area contributed by atoms with Gasteiger partial charge >= 0.3 is 0 Å². The van der Waals surface area contributed by atoms with Gasteiger partial charge in [-0.05, 0) is 25.0 Å². The van der Waals surface area contributed by atoms with Crippen molar-refractivity contribution < 1.29 is 4.79 Å². The van der Waals surface area contributed by atoms with Crippen molar-refractivity contribution in [2.75, 3.05) is 13.1 Å². The fourth-order valence-corrected chi connectivity index (χ4v) is 3.79. The third kappa shape index (κ3) is 3.52. The Kier molecular flexibility index (Phi) is 5.14. The van der Waals surface area contributed by atoms with Crippen molar-refractivity contribution in [2.45, 2.75) is 38.5 Å². The second kappa shape index (κ2) is 7.88. The van der Waals surface area contributed by atoms with Crippen LogP contribution in [0.15, 0.2) is 49.3 Å². The van der Waals surface area contributed by atoms with E-state index < -0.39 is 0 Å². The largest absolute Gasteiger partial charge is 0.338 e. The van der Waals surface area contributed by atoms with Gasteiger partial charge in [-0.3, -0.25) is 19.3 Å². The molecule has 1 amide bonds. The van der Waals surface area contributed by atoms with Crippen LogP contribution in [-0.4, -0.2) is 48.4 Å². The van der Waals surface area contributed by atoms with Crippen LogP contribution in [0, 0.1) is 0 Å². The van der Waals surface area contributed by atoms with Crippen molar-refractivity contribution in [3.05, 3.63) is 66.4 Å². The molecule has 4 heterocycles. The van der Waals surface area contributed by atoms with E-state index in [-0.39, 0.29) is 17.7 Å². The second-order valence-corrected chi connectivity index (χ2v) is 7.41. The zero-order valence-electron chi connectivity index (χ0n) is 16.2. The van der Waals surface area contributed by atoms with Gasteiger partial charge in [0.2, 0.25) is 0 Å². The molecule has 0 saturated carbocycles. The quantitative estimate of drug-likeness (QED) is 0.699. The van der Waals surface area contributed by atoms with Gasteiger partial charge in [-0.15, -0.1) is 0 Å². The topological polar surface area (TPSA) is 76.8 Å². The van der Waals surface area contributed by atoms with Crippen molar-refractivity contribution >= 4 is 5.91 Å². The lowest BCUT2D eigenvalue weighted by atomic mass is 9.93. The van der Waals surface area contributed by atoms with Gasteiger partial charge in [0.1, 0.15) is 5.82 Å². The number of hydrogen-bond donors (Lipinski definition) is 0. The van der Waals surface area contributed by atoms with Gasteiger partial charge in [-0.25, -0.2) is 9.97 Å². The highest BCUT2D eigenvalue weighted by Crippen LogP contribution is 2.30. The molecule has 0 spiro atoms. The van der Waals surface area contributed by atoms with Crippen molar-refractivity contribution in [3.63, 3.8) is 0 Å². The zero-order valence-corrected chi connectivity index (χ0v) is 16.2. The smallest absolute Gasteiger partial charge is 0.255 e. The number of carbonyl (C=O) groups is 1. The lowest BCUT2D eigenvalue weighted by molar-refractivity contribution is 0.0705. The van der Waals surface area contributed by atoms with Crippen molar-refractivity contribution in [2.24, 2.45) is 0 Å². The Morgan fingerprint density at radius 3 is 2.79 bits per heavy atom. The molecule has 1 fully saturated rings. The molecule has 7 heteroatoms. The minimum Gasteiger partial charge on any atom is -0.338 e. The molecule has 0 bridgehead atoms. The van der Waals surface area contributed by atoms with Crippen LogP contribution in [0.25, 0.3) is 5.82 Å². The first-order valence-electron chi connectivity index (χ1n) is 9.69. The van der Waals surface area contributed by atoms with E-state index in [1.165, 1.54) is 0 Å². The molecule has 0 radical (unpaired) electrons. The predicted molar refractivity (Wildman–Crippen MR) is 105 cm³/mol. The highest BCUT2D eigenvalue weighted by atomic mass is 16.2. The summed E-state index contributed by atoms with van der Waals surface area (Å²) < 4.78 is 2.02. The summed E-state index contributed by atoms with van der Waals surface area (Å²) in [5, 5.41) is 0. The summed E-state index contributed by atoms with van der Waals surface area (Å²) in [5.41, 5.74) is 1.55. The average Bonchev–Trinajstić information content (AvgIpc) is 3.24. The third-order valence-corrected chi connectivity index (χ3v) is 5.12. The Balaban J connectivity index is 1.63. The van der Waals surface area contributed by atoms with Crippen LogP contribution in [0.3, 0.4) is 0 Å². The monoisotopic (exact) mass is 376 g/mol. The molecule has 0 aliphatic carbocycles. The molecule has 3 aromatic heterocycles. The first-order valence-corrected chi connectivity index (χ1v) is 9.69. The van der Waals surface area contributed by atoms with Gasteiger partial charge in [0.25, 0.3) is 5.91 Å². The lowest BCUT2D eigenvalue weighted by Crippen LogP contribution is -2.39. The van der Waals surface area contributed by atoms with Gasteiger partial charge in [0, 0.05) is 62.1 Å². The summed E-state index contributed by atoms with van der Waals surface area (Å²) in [7, 11) is 0. The number of likely N-dealkylation sites (tertiary alicyclic amines) is 1. The van der Waals surface area contributed by atoms with E-state index >= 15 is 0 Å². The fraction of sp³-hybridized carbons (Fsp3) is 0.381. The van der Waals surface area contributed by atoms with Gasteiger partial charge in [-0.2, -0.15) is 0 Å². The number of aromatic nitrogens is 5. The van der Waals surface area contributed by atoms with Crippen LogP contribution >= 0.6 is 0 Å². The maximum atomic E-state index is 12.9. The van der Waals surface area contributed by atoms with Crippen molar-refractivity contribution in [1.29, 1.82) is 0 Å². The predicted octanol–water partition coefficient (Wildman–Crippen LogP) is 3.20. The number of imidazole rings is 1. The summed E-state index contributed by atoms with van der Waals surface area (Å²) in [6, 6.07) is 3.61. The molecular formula is C21H24N6O. The number of rotatable bonds is 4. The second-order valence-electron chi connectivity index (χ2n) is 7.41. The van der Waals surface area contributed by atoms with E-state index in [9.17, 15) is 4.79 Å². The summed E-state index contributed by atoms with van der Waals surface area (Å²) >= 11 is 0. The molecule has 1 saturated heterocycles. The molecule has 3 aromatic rings. The first kappa shape index (κ1) is 18.3. The number of amides is 1. The van der Waals surface area contributed by atoms with Gasteiger partial charge in [0.05, 0.1) is 11.3 Å². The Morgan fingerprint density at radius 2 is 2.00 bits per heavy atom. The molecule has 144 valence electrons. The van der Waals surface area contributed by atoms with Crippen LogP contribution in [-0.2, 0) is 0 Å². The maximum Gasteiger partial charge on any atom is 0.255 e. The molecule has 0 aromatic carbocycles. The zero-order chi connectivity index (χ0) is 19.5. The lowest BCUT2D eigenvalue weighted by Gasteiger charge is -2.33. The molecule has 28 heavy (non-hydrogen) atoms. The van der Waals surface area contributed by atoms with Crippen LogP contribution < -0.4 is 0 Å². The minimum absolute atomic E-state index is 0.0220. The average molecular weight is 376 g/mol. The number of pyridine rings is 1. The van der Waals surface area contributed by atoms with Crippen LogP contribution in [0.4, 0.5) is 0 Å². The van der Waals surface area contributed by atoms with Crippen molar-refractivity contribution in [1.82, 2.24) is 29.4 Å². The maximum absolute atomic E-state index is 12.9. The van der Waals surface area contributed by atoms with Gasteiger partial charge in [0.15, 0.2) is 5.82 Å². The molecule has 1 aliphatic heterocycles. The fourth-order valence-electron chi connectivity index (χ4n) is 3.79. The minimum atomic E-state index is 0.0220. The van der Waals surface area contributed by atoms with Crippen LogP contribution in [0.5, 0.6) is 0 Å². The molecule has 1 atom stereocenters. The number of carbonyl (C=O) groups excluding carboxylic acids is 1. The highest BCUT2D eigenvalue weighted by molar-refractivity contribution is 5.94. The Hall–Kier alpha value is -3.09. The Morgan fingerprint density at radius 1 is 1.14 bits per heavy atom. The van der Waals surface area contributed by atoms with Gasteiger partial charge < -0.3 is 4.90 Å². The molecule has 7 nitrogen and oxygen atoms in total. The SMILES string of the molecule is CC(C)c1nccn1-c1nccnc1[C@@H]1CCCN(C(=O)c2cccnc2)C1. The number of hydrogen-bond acceptors (Lipinski definition) is 5. The standard InChI is InChI=1S/C21H24N6O/c1-15(2)19-25-10-12-27(19)20-18(23-8-9-24-20)17-6-4-11-26(14-17)21(28)16-5-3-7-22-13-16/h3,5,7-10,12-13,15,17H,4,6,11,14H2,1-2H3/t17-/m1/s1. The summed E-state index contributed by atoms with van der Waals surface area (Å²) in [6.45, 7) is 5.61. The molecular weight excluding hydrogens is 352 g/mol. The molecule has 4 rings (SSSR count). The summed E-state index contributed by atoms with van der Waals surface area (Å²) in [5.74, 6) is 2.21. The van der Waals surface area contributed by atoms with E-state index in [1.807, 2.05) is 21.7 Å². The Labute approximate surface area is 164 Å². The third-order valence-electron chi connectivity index (χ3n) is 5.12. The number of nitrogens with zero attached hydrogens (tertiary/aromatic N) is 6. The van der Waals surface area contributed by atoms with E-state index in [2.05, 4.69) is 33.8 Å². The van der Waals surface area contributed by atoms with Crippen molar-refractivity contribution in [3.8, 4) is 5.82 Å². The summed E-state index contributed by atoms with van der Waals surface area (Å²) in [4.78, 5) is 32.6. The van der Waals surface area contributed by atoms with Gasteiger partial charge in [-0.1, -0.05) is 13.8 Å². The van der Waals surface area contributed by atoms with E-state index in [0.29, 0.717) is 12.1 Å². The van der Waals surface area contributed by atoms with Crippen LogP contribution in [0.1, 0.15) is 60.4 Å². The normalized spacial score (nSPS) is 17.1. The molecule has 0 N–H and O–H groups in total. The first-order chi connectivity index (χ1) is 13.6. The number of piperidine rings is 1. The highest BCUT2D eigenvalue weighted by Gasteiger charge is 2.29.